The van der Waals surface area contributed by atoms with Gasteiger partial charge in [0.15, 0.2) is 0 Å². The molecule has 0 bridgehead atoms. The van der Waals surface area contributed by atoms with E-state index in [-0.39, 0.29) is 11.6 Å². The number of anilines is 1. The van der Waals surface area contributed by atoms with Gasteiger partial charge >= 0.3 is 12.2 Å². The molecule has 2 aromatic rings. The minimum Gasteiger partial charge on any atom is -0.497 e. The van der Waals surface area contributed by atoms with Crippen molar-refractivity contribution in [2.45, 2.75) is 23.9 Å². The van der Waals surface area contributed by atoms with Crippen molar-refractivity contribution in [3.8, 4) is 5.75 Å². The standard InChI is InChI=1S/C23H24F3N3O3S/c1-32-19-7-2-4-16(14-19)20(30)29-12-13-33-22(29)8-10-28(11-9-22)21(31)27-18-6-3-5-17(15-18)23(24,25)26/h2-7,14-15H,8-13H2,1H3,(H,27,31). The molecular formula is C23H24F3N3O3S. The first-order chi connectivity index (χ1) is 15.7. The van der Waals surface area contributed by atoms with Gasteiger partial charge < -0.3 is 19.9 Å². The van der Waals surface area contributed by atoms with Gasteiger partial charge in [0, 0.05) is 36.6 Å². The SMILES string of the molecule is COc1cccc(C(=O)N2CCSC23CCN(C(=O)Nc2cccc(C(F)(F)F)c2)CC3)c1. The summed E-state index contributed by atoms with van der Waals surface area (Å²) in [6.07, 6.45) is -3.30. The highest BCUT2D eigenvalue weighted by Gasteiger charge is 2.47. The molecule has 1 spiro atoms. The van der Waals surface area contributed by atoms with E-state index in [9.17, 15) is 22.8 Å². The molecule has 0 radical (unpaired) electrons. The number of ether oxygens (including phenoxy) is 1. The summed E-state index contributed by atoms with van der Waals surface area (Å²) in [5.74, 6) is 1.36. The number of nitrogens with one attached hydrogen (secondary N) is 1. The zero-order chi connectivity index (χ0) is 23.6. The second kappa shape index (κ2) is 9.17. The summed E-state index contributed by atoms with van der Waals surface area (Å²) in [4.78, 5) is 29.0. The number of carbonyl (C=O) groups excluding carboxylic acids is 2. The molecule has 2 saturated heterocycles. The number of hydrogen-bond acceptors (Lipinski definition) is 4. The van der Waals surface area contributed by atoms with Crippen LogP contribution in [0, 0.1) is 0 Å². The summed E-state index contributed by atoms with van der Waals surface area (Å²) in [5.41, 5.74) is -0.159. The van der Waals surface area contributed by atoms with E-state index in [1.165, 1.54) is 12.1 Å². The van der Waals surface area contributed by atoms with Crippen molar-refractivity contribution < 1.29 is 27.5 Å². The predicted octanol–water partition coefficient (Wildman–Crippen LogP) is 4.93. The third-order valence-electron chi connectivity index (χ3n) is 6.01. The van der Waals surface area contributed by atoms with E-state index in [1.54, 1.807) is 48.0 Å². The van der Waals surface area contributed by atoms with Crippen molar-refractivity contribution in [3.63, 3.8) is 0 Å². The zero-order valence-corrected chi connectivity index (χ0v) is 18.8. The molecule has 33 heavy (non-hydrogen) atoms. The molecule has 2 aromatic carbocycles. The van der Waals surface area contributed by atoms with Crippen LogP contribution in [0.5, 0.6) is 5.75 Å². The summed E-state index contributed by atoms with van der Waals surface area (Å²) >= 11 is 1.72. The summed E-state index contributed by atoms with van der Waals surface area (Å²) < 4.78 is 44.0. The smallest absolute Gasteiger partial charge is 0.416 e. The third kappa shape index (κ3) is 4.90. The molecule has 0 atom stereocenters. The van der Waals surface area contributed by atoms with Gasteiger partial charge in [0.1, 0.15) is 5.75 Å². The quantitative estimate of drug-likeness (QED) is 0.679. The number of nitrogens with zero attached hydrogens (tertiary/aromatic N) is 2. The maximum absolute atomic E-state index is 13.2. The summed E-state index contributed by atoms with van der Waals surface area (Å²) in [6.45, 7) is 1.43. The number of halogens is 3. The molecule has 2 heterocycles. The number of hydrogen-bond donors (Lipinski definition) is 1. The molecule has 0 aliphatic carbocycles. The van der Waals surface area contributed by atoms with Crippen molar-refractivity contribution in [1.29, 1.82) is 0 Å². The van der Waals surface area contributed by atoms with E-state index < -0.39 is 22.6 Å². The summed E-state index contributed by atoms with van der Waals surface area (Å²) in [7, 11) is 1.55. The van der Waals surface area contributed by atoms with Crippen molar-refractivity contribution in [2.75, 3.05) is 37.8 Å². The van der Waals surface area contributed by atoms with Crippen LogP contribution in [0.4, 0.5) is 23.7 Å². The van der Waals surface area contributed by atoms with Crippen LogP contribution >= 0.6 is 11.8 Å². The Morgan fingerprint density at radius 3 is 2.48 bits per heavy atom. The fourth-order valence-electron chi connectivity index (χ4n) is 4.26. The molecule has 0 unspecified atom stereocenters. The fraction of sp³-hybridized carbons (Fsp3) is 0.391. The Hall–Kier alpha value is -2.88. The second-order valence-corrected chi connectivity index (χ2v) is 9.44. The lowest BCUT2D eigenvalue weighted by atomic mass is 10.0. The van der Waals surface area contributed by atoms with Crippen LogP contribution in [0.1, 0.15) is 28.8 Å². The van der Waals surface area contributed by atoms with Crippen LogP contribution in [-0.2, 0) is 6.18 Å². The number of amides is 3. The van der Waals surface area contributed by atoms with E-state index in [4.69, 9.17) is 4.74 Å². The Bertz CT molecular complexity index is 1040. The minimum absolute atomic E-state index is 0.0687. The number of piperidine rings is 1. The third-order valence-corrected chi connectivity index (χ3v) is 7.57. The lowest BCUT2D eigenvalue weighted by Crippen LogP contribution is -2.54. The molecule has 4 rings (SSSR count). The van der Waals surface area contributed by atoms with E-state index in [2.05, 4.69) is 5.32 Å². The van der Waals surface area contributed by atoms with Gasteiger partial charge in [-0.2, -0.15) is 13.2 Å². The first-order valence-corrected chi connectivity index (χ1v) is 11.5. The molecule has 0 aromatic heterocycles. The lowest BCUT2D eigenvalue weighted by Gasteiger charge is -2.44. The molecule has 10 heteroatoms. The highest BCUT2D eigenvalue weighted by molar-refractivity contribution is 8.00. The van der Waals surface area contributed by atoms with E-state index in [1.807, 2.05) is 4.90 Å². The van der Waals surface area contributed by atoms with E-state index in [0.717, 1.165) is 17.9 Å². The average Bonchev–Trinajstić information content (AvgIpc) is 3.21. The number of rotatable bonds is 3. The highest BCUT2D eigenvalue weighted by Crippen LogP contribution is 2.44. The molecule has 2 aliphatic rings. The van der Waals surface area contributed by atoms with Gasteiger partial charge in [0.05, 0.1) is 17.5 Å². The van der Waals surface area contributed by atoms with Crippen LogP contribution in [0.2, 0.25) is 0 Å². The molecule has 3 amide bonds. The molecule has 2 aliphatic heterocycles. The topological polar surface area (TPSA) is 61.9 Å². The Balaban J connectivity index is 1.41. The van der Waals surface area contributed by atoms with Gasteiger partial charge in [-0.15, -0.1) is 11.8 Å². The van der Waals surface area contributed by atoms with Gasteiger partial charge in [-0.05, 0) is 49.2 Å². The average molecular weight is 480 g/mol. The number of thioether (sulfide) groups is 1. The molecule has 1 N–H and O–H groups in total. The number of carbonyl (C=O) groups is 2. The number of methoxy groups -OCH3 is 1. The van der Waals surface area contributed by atoms with Gasteiger partial charge in [0.2, 0.25) is 0 Å². The van der Waals surface area contributed by atoms with Crippen LogP contribution in [0.3, 0.4) is 0 Å². The number of urea groups is 1. The van der Waals surface area contributed by atoms with Crippen LogP contribution < -0.4 is 10.1 Å². The lowest BCUT2D eigenvalue weighted by molar-refractivity contribution is -0.137. The normalized spacial score (nSPS) is 17.8. The van der Waals surface area contributed by atoms with Crippen molar-refractivity contribution in [2.24, 2.45) is 0 Å². The summed E-state index contributed by atoms with van der Waals surface area (Å²) in [6, 6.07) is 11.2. The van der Waals surface area contributed by atoms with Crippen molar-refractivity contribution >= 4 is 29.4 Å². The Morgan fingerprint density at radius 2 is 1.79 bits per heavy atom. The highest BCUT2D eigenvalue weighted by atomic mass is 32.2. The van der Waals surface area contributed by atoms with Crippen LogP contribution in [0.25, 0.3) is 0 Å². The molecule has 2 fully saturated rings. The van der Waals surface area contributed by atoms with Crippen molar-refractivity contribution in [3.05, 3.63) is 59.7 Å². The van der Waals surface area contributed by atoms with Gasteiger partial charge in [-0.25, -0.2) is 4.79 Å². The Morgan fingerprint density at radius 1 is 1.06 bits per heavy atom. The largest absolute Gasteiger partial charge is 0.497 e. The zero-order valence-electron chi connectivity index (χ0n) is 18.0. The molecule has 0 saturated carbocycles. The molecule has 6 nitrogen and oxygen atoms in total. The summed E-state index contributed by atoms with van der Waals surface area (Å²) in [5, 5.41) is 2.56. The predicted molar refractivity (Wildman–Crippen MR) is 120 cm³/mol. The second-order valence-electron chi connectivity index (χ2n) is 7.98. The minimum atomic E-state index is -4.48. The number of likely N-dealkylation sites (tertiary alicyclic amines) is 1. The van der Waals surface area contributed by atoms with Gasteiger partial charge in [0.25, 0.3) is 5.91 Å². The van der Waals surface area contributed by atoms with Crippen LogP contribution in [0.15, 0.2) is 48.5 Å². The fourth-order valence-corrected chi connectivity index (χ4v) is 5.71. The Kier molecular flexibility index (Phi) is 6.47. The number of benzene rings is 2. The van der Waals surface area contributed by atoms with Gasteiger partial charge in [-0.3, -0.25) is 4.79 Å². The monoisotopic (exact) mass is 479 g/mol. The maximum atomic E-state index is 13.2. The van der Waals surface area contributed by atoms with Crippen LogP contribution in [-0.4, -0.2) is 59.1 Å². The molecular weight excluding hydrogens is 455 g/mol. The van der Waals surface area contributed by atoms with E-state index >= 15 is 0 Å². The number of alkyl halides is 3. The molecule has 176 valence electrons. The Labute approximate surface area is 194 Å². The van der Waals surface area contributed by atoms with Crippen molar-refractivity contribution in [1.82, 2.24) is 9.80 Å². The first kappa shape index (κ1) is 23.3. The van der Waals surface area contributed by atoms with E-state index in [0.29, 0.717) is 43.8 Å². The maximum Gasteiger partial charge on any atom is 0.416 e. The van der Waals surface area contributed by atoms with Gasteiger partial charge in [-0.1, -0.05) is 12.1 Å². The first-order valence-electron chi connectivity index (χ1n) is 10.5.